The SMILES string of the molecule is C[C@H](NC(=O)N1CC[C@@H]([C@H](C)O)C1)c1ccc(-c2ccccc2)cc1. The summed E-state index contributed by atoms with van der Waals surface area (Å²) in [5, 5.41) is 12.7. The highest BCUT2D eigenvalue weighted by atomic mass is 16.3. The fraction of sp³-hybridized carbons (Fsp3) is 0.381. The molecule has 1 saturated heterocycles. The van der Waals surface area contributed by atoms with E-state index in [-0.39, 0.29) is 24.1 Å². The number of aliphatic hydroxyl groups is 1. The van der Waals surface area contributed by atoms with Crippen molar-refractivity contribution >= 4 is 6.03 Å². The molecule has 2 N–H and O–H groups in total. The molecule has 1 aliphatic heterocycles. The molecule has 0 bridgehead atoms. The Morgan fingerprint density at radius 2 is 1.72 bits per heavy atom. The maximum atomic E-state index is 12.4. The second-order valence-electron chi connectivity index (χ2n) is 6.89. The van der Waals surface area contributed by atoms with Gasteiger partial charge in [-0.2, -0.15) is 0 Å². The third kappa shape index (κ3) is 4.20. The number of amides is 2. The first-order valence-electron chi connectivity index (χ1n) is 8.93. The number of urea groups is 1. The highest BCUT2D eigenvalue weighted by Crippen LogP contribution is 2.23. The molecule has 25 heavy (non-hydrogen) atoms. The summed E-state index contributed by atoms with van der Waals surface area (Å²) in [6.07, 6.45) is 0.506. The molecule has 0 saturated carbocycles. The topological polar surface area (TPSA) is 52.6 Å². The van der Waals surface area contributed by atoms with Crippen LogP contribution >= 0.6 is 0 Å². The lowest BCUT2D eigenvalue weighted by Crippen LogP contribution is -2.40. The van der Waals surface area contributed by atoms with Gasteiger partial charge >= 0.3 is 6.03 Å². The second kappa shape index (κ2) is 7.70. The molecule has 1 fully saturated rings. The molecule has 0 aromatic heterocycles. The van der Waals surface area contributed by atoms with Crippen LogP contribution in [0.4, 0.5) is 4.79 Å². The summed E-state index contributed by atoms with van der Waals surface area (Å²) in [5.41, 5.74) is 3.44. The van der Waals surface area contributed by atoms with Gasteiger partial charge in [-0.25, -0.2) is 4.79 Å². The number of aliphatic hydroxyl groups excluding tert-OH is 1. The fourth-order valence-corrected chi connectivity index (χ4v) is 3.32. The highest BCUT2D eigenvalue weighted by Gasteiger charge is 2.29. The summed E-state index contributed by atoms with van der Waals surface area (Å²) in [6, 6.07) is 18.5. The first-order valence-corrected chi connectivity index (χ1v) is 8.93. The van der Waals surface area contributed by atoms with Crippen molar-refractivity contribution in [2.75, 3.05) is 13.1 Å². The number of benzene rings is 2. The summed E-state index contributed by atoms with van der Waals surface area (Å²) < 4.78 is 0. The molecule has 2 aromatic rings. The van der Waals surface area contributed by atoms with Crippen molar-refractivity contribution in [2.45, 2.75) is 32.4 Å². The van der Waals surface area contributed by atoms with Gasteiger partial charge in [0.2, 0.25) is 0 Å². The van der Waals surface area contributed by atoms with Gasteiger partial charge in [0.05, 0.1) is 12.1 Å². The van der Waals surface area contributed by atoms with Gasteiger partial charge in [-0.3, -0.25) is 0 Å². The molecule has 3 atom stereocenters. The van der Waals surface area contributed by atoms with E-state index in [0.717, 1.165) is 12.0 Å². The lowest BCUT2D eigenvalue weighted by atomic mass is 10.0. The average molecular weight is 338 g/mol. The molecule has 0 aliphatic carbocycles. The third-order valence-corrected chi connectivity index (χ3v) is 5.05. The van der Waals surface area contributed by atoms with E-state index in [0.29, 0.717) is 13.1 Å². The quantitative estimate of drug-likeness (QED) is 0.890. The Morgan fingerprint density at radius 3 is 2.32 bits per heavy atom. The zero-order chi connectivity index (χ0) is 17.8. The van der Waals surface area contributed by atoms with Gasteiger partial charge in [-0.1, -0.05) is 54.6 Å². The van der Waals surface area contributed by atoms with E-state index in [1.54, 1.807) is 11.8 Å². The zero-order valence-corrected chi connectivity index (χ0v) is 14.9. The fourth-order valence-electron chi connectivity index (χ4n) is 3.32. The number of nitrogens with zero attached hydrogens (tertiary/aromatic N) is 1. The van der Waals surface area contributed by atoms with Crippen LogP contribution in [0.3, 0.4) is 0 Å². The maximum absolute atomic E-state index is 12.4. The van der Waals surface area contributed by atoms with Crippen LogP contribution in [0.1, 0.15) is 31.9 Å². The van der Waals surface area contributed by atoms with Gasteiger partial charge in [0.25, 0.3) is 0 Å². The molecule has 132 valence electrons. The van der Waals surface area contributed by atoms with Gasteiger partial charge in [-0.15, -0.1) is 0 Å². The zero-order valence-electron chi connectivity index (χ0n) is 14.9. The summed E-state index contributed by atoms with van der Waals surface area (Å²) in [4.78, 5) is 14.2. The summed E-state index contributed by atoms with van der Waals surface area (Å²) >= 11 is 0. The summed E-state index contributed by atoms with van der Waals surface area (Å²) in [6.45, 7) is 5.13. The van der Waals surface area contributed by atoms with Crippen molar-refractivity contribution in [3.05, 3.63) is 60.2 Å². The smallest absolute Gasteiger partial charge is 0.317 e. The molecule has 0 radical (unpaired) electrons. The molecule has 0 spiro atoms. The molecular weight excluding hydrogens is 312 g/mol. The number of nitrogens with one attached hydrogen (secondary N) is 1. The molecule has 2 amide bonds. The van der Waals surface area contributed by atoms with Gasteiger partial charge in [0, 0.05) is 19.0 Å². The molecule has 4 nitrogen and oxygen atoms in total. The minimum absolute atomic E-state index is 0.0528. The molecule has 1 heterocycles. The van der Waals surface area contributed by atoms with E-state index in [1.165, 1.54) is 11.1 Å². The monoisotopic (exact) mass is 338 g/mol. The van der Waals surface area contributed by atoms with E-state index < -0.39 is 0 Å². The minimum Gasteiger partial charge on any atom is -0.393 e. The van der Waals surface area contributed by atoms with Crippen molar-refractivity contribution in [3.8, 4) is 11.1 Å². The Labute approximate surface area is 149 Å². The number of likely N-dealkylation sites (tertiary alicyclic amines) is 1. The Balaban J connectivity index is 1.60. The van der Waals surface area contributed by atoms with Crippen LogP contribution in [0.15, 0.2) is 54.6 Å². The van der Waals surface area contributed by atoms with Gasteiger partial charge in [-0.05, 0) is 37.0 Å². The van der Waals surface area contributed by atoms with Gasteiger partial charge in [0.1, 0.15) is 0 Å². The van der Waals surface area contributed by atoms with Crippen LogP contribution < -0.4 is 5.32 Å². The third-order valence-electron chi connectivity index (χ3n) is 5.05. The first kappa shape index (κ1) is 17.5. The lowest BCUT2D eigenvalue weighted by molar-refractivity contribution is 0.129. The van der Waals surface area contributed by atoms with E-state index in [2.05, 4.69) is 41.7 Å². The number of hydrogen-bond donors (Lipinski definition) is 2. The second-order valence-corrected chi connectivity index (χ2v) is 6.89. The summed E-state index contributed by atoms with van der Waals surface area (Å²) in [5.74, 6) is 0.186. The molecule has 1 aliphatic rings. The molecule has 0 unspecified atom stereocenters. The Morgan fingerprint density at radius 1 is 1.08 bits per heavy atom. The van der Waals surface area contributed by atoms with Crippen molar-refractivity contribution in [1.82, 2.24) is 10.2 Å². The number of hydrogen-bond acceptors (Lipinski definition) is 2. The van der Waals surface area contributed by atoms with Gasteiger partial charge in [0.15, 0.2) is 0 Å². The standard InChI is InChI=1S/C21H26N2O2/c1-15(22-21(25)23-13-12-20(14-23)16(2)24)17-8-10-19(11-9-17)18-6-4-3-5-7-18/h3-11,15-16,20,24H,12-14H2,1-2H3,(H,22,25)/t15-,16-,20+/m0/s1. The predicted molar refractivity (Wildman–Crippen MR) is 100 cm³/mol. The number of carbonyl (C=O) groups excluding carboxylic acids is 1. The van der Waals surface area contributed by atoms with E-state index in [1.807, 2.05) is 25.1 Å². The normalized spacial score (nSPS) is 19.5. The summed E-state index contributed by atoms with van der Waals surface area (Å²) in [7, 11) is 0. The van der Waals surface area contributed by atoms with Gasteiger partial charge < -0.3 is 15.3 Å². The number of carbonyl (C=O) groups is 1. The minimum atomic E-state index is -0.360. The van der Waals surface area contributed by atoms with Crippen LogP contribution in [0.2, 0.25) is 0 Å². The van der Waals surface area contributed by atoms with Crippen LogP contribution in [0.25, 0.3) is 11.1 Å². The van der Waals surface area contributed by atoms with Crippen LogP contribution in [0, 0.1) is 5.92 Å². The highest BCUT2D eigenvalue weighted by molar-refractivity contribution is 5.75. The Kier molecular flexibility index (Phi) is 5.39. The van der Waals surface area contributed by atoms with Crippen molar-refractivity contribution < 1.29 is 9.90 Å². The first-order chi connectivity index (χ1) is 12.0. The predicted octanol–water partition coefficient (Wildman–Crippen LogP) is 3.83. The van der Waals surface area contributed by atoms with Crippen LogP contribution in [-0.4, -0.2) is 35.2 Å². The lowest BCUT2D eigenvalue weighted by Gasteiger charge is -2.22. The van der Waals surface area contributed by atoms with E-state index in [4.69, 9.17) is 0 Å². The molecule has 4 heteroatoms. The van der Waals surface area contributed by atoms with Crippen molar-refractivity contribution in [2.24, 2.45) is 5.92 Å². The van der Waals surface area contributed by atoms with Crippen LogP contribution in [-0.2, 0) is 0 Å². The largest absolute Gasteiger partial charge is 0.393 e. The van der Waals surface area contributed by atoms with Crippen molar-refractivity contribution in [3.63, 3.8) is 0 Å². The van der Waals surface area contributed by atoms with Crippen LogP contribution in [0.5, 0.6) is 0 Å². The van der Waals surface area contributed by atoms with E-state index in [9.17, 15) is 9.90 Å². The van der Waals surface area contributed by atoms with Crippen molar-refractivity contribution in [1.29, 1.82) is 0 Å². The Hall–Kier alpha value is -2.33. The molecule has 3 rings (SSSR count). The number of rotatable bonds is 4. The Bertz CT molecular complexity index is 698. The van der Waals surface area contributed by atoms with E-state index >= 15 is 0 Å². The molecule has 2 aromatic carbocycles. The molecular formula is C21H26N2O2. The maximum Gasteiger partial charge on any atom is 0.317 e. The average Bonchev–Trinajstić information content (AvgIpc) is 3.13.